The maximum atomic E-state index is 12.5. The van der Waals surface area contributed by atoms with Crippen molar-refractivity contribution in [1.29, 1.82) is 0 Å². The fourth-order valence-electron chi connectivity index (χ4n) is 1.40. The van der Waals surface area contributed by atoms with Crippen LogP contribution in [0, 0.1) is 0 Å². The van der Waals surface area contributed by atoms with Crippen LogP contribution < -0.4 is 0 Å². The highest BCUT2D eigenvalue weighted by molar-refractivity contribution is 5.19. The lowest BCUT2D eigenvalue weighted by atomic mass is 9.99. The second-order valence-corrected chi connectivity index (χ2v) is 3.80. The smallest absolute Gasteiger partial charge is 0.433 e. The van der Waals surface area contributed by atoms with Gasteiger partial charge in [-0.3, -0.25) is 0 Å². The molecule has 9 heteroatoms. The summed E-state index contributed by atoms with van der Waals surface area (Å²) in [6.45, 7) is -0.293. The minimum atomic E-state index is -5.96. The van der Waals surface area contributed by atoms with Crippen LogP contribution in [0.3, 0.4) is 0 Å². The summed E-state index contributed by atoms with van der Waals surface area (Å²) in [7, 11) is 0. The molecule has 0 aliphatic carbocycles. The molecule has 2 N–H and O–H groups in total. The third-order valence-electron chi connectivity index (χ3n) is 2.42. The summed E-state index contributed by atoms with van der Waals surface area (Å²) in [5, 5.41) is 17.5. The van der Waals surface area contributed by atoms with Crippen LogP contribution in [0.4, 0.5) is 26.3 Å². The lowest BCUT2D eigenvalue weighted by Crippen LogP contribution is -2.53. The molecule has 0 amide bonds. The Balaban J connectivity index is 3.17. The number of alkyl halides is 6. The number of rotatable bonds is 4. The minimum absolute atomic E-state index is 0.0394. The van der Waals surface area contributed by atoms with Crippen LogP contribution in [0.15, 0.2) is 16.5 Å². The zero-order valence-corrected chi connectivity index (χ0v) is 9.35. The van der Waals surface area contributed by atoms with E-state index in [4.69, 9.17) is 10.2 Å². The Morgan fingerprint density at radius 1 is 1.00 bits per heavy atom. The highest BCUT2D eigenvalue weighted by Crippen LogP contribution is 2.50. The molecule has 0 unspecified atom stereocenters. The average Bonchev–Trinajstić information content (AvgIpc) is 2.70. The van der Waals surface area contributed by atoms with Crippen LogP contribution in [0.25, 0.3) is 0 Å². The molecule has 110 valence electrons. The van der Waals surface area contributed by atoms with E-state index in [1.54, 1.807) is 0 Å². The molecule has 1 rings (SSSR count). The van der Waals surface area contributed by atoms with Gasteiger partial charge in [0.05, 0.1) is 0 Å². The van der Waals surface area contributed by atoms with Crippen LogP contribution in [-0.2, 0) is 12.0 Å². The van der Waals surface area contributed by atoms with E-state index < -0.39 is 23.7 Å². The molecule has 0 aliphatic heterocycles. The Labute approximate surface area is 103 Å². The Kier molecular flexibility index (Phi) is 4.20. The number of aliphatic hydroxyl groups is 2. The van der Waals surface area contributed by atoms with Crippen LogP contribution in [0.1, 0.15) is 17.9 Å². The van der Waals surface area contributed by atoms with Gasteiger partial charge in [-0.05, 0) is 18.6 Å². The van der Waals surface area contributed by atoms with Gasteiger partial charge in [-0.15, -0.1) is 0 Å². The number of hydrogen-bond acceptors (Lipinski definition) is 3. The molecule has 0 saturated heterocycles. The summed E-state index contributed by atoms with van der Waals surface area (Å²) in [6.07, 6.45) is -11.8. The summed E-state index contributed by atoms with van der Waals surface area (Å²) < 4.78 is 79.3. The number of halogens is 6. The molecule has 0 radical (unpaired) electrons. The van der Waals surface area contributed by atoms with Crippen molar-refractivity contribution in [2.75, 3.05) is 6.61 Å². The van der Waals surface area contributed by atoms with Gasteiger partial charge in [-0.1, -0.05) is 0 Å². The zero-order valence-electron chi connectivity index (χ0n) is 9.35. The van der Waals surface area contributed by atoms with Crippen LogP contribution >= 0.6 is 0 Å². The molecule has 19 heavy (non-hydrogen) atoms. The van der Waals surface area contributed by atoms with Gasteiger partial charge in [0.25, 0.3) is 0 Å². The number of aliphatic hydroxyl groups excluding tert-OH is 1. The molecule has 0 atom stereocenters. The first-order valence-electron chi connectivity index (χ1n) is 5.10. The van der Waals surface area contributed by atoms with Gasteiger partial charge >= 0.3 is 18.0 Å². The van der Waals surface area contributed by atoms with Gasteiger partial charge in [0.15, 0.2) is 5.76 Å². The lowest BCUT2D eigenvalue weighted by molar-refractivity contribution is -0.381. The maximum Gasteiger partial charge on any atom is 0.433 e. The summed E-state index contributed by atoms with van der Waals surface area (Å²) in [6, 6.07) is 1.32. The van der Waals surface area contributed by atoms with E-state index in [9.17, 15) is 26.3 Å². The molecule has 0 spiro atoms. The van der Waals surface area contributed by atoms with Crippen molar-refractivity contribution >= 4 is 0 Å². The Bertz CT molecular complexity index is 406. The van der Waals surface area contributed by atoms with E-state index in [2.05, 4.69) is 4.42 Å². The van der Waals surface area contributed by atoms with E-state index in [0.717, 1.165) is 6.07 Å². The number of hydrogen-bond donors (Lipinski definition) is 2. The van der Waals surface area contributed by atoms with E-state index in [0.29, 0.717) is 6.07 Å². The van der Waals surface area contributed by atoms with E-state index in [1.165, 1.54) is 0 Å². The van der Waals surface area contributed by atoms with Gasteiger partial charge in [0.1, 0.15) is 5.76 Å². The quantitative estimate of drug-likeness (QED) is 0.838. The summed E-state index contributed by atoms with van der Waals surface area (Å²) >= 11 is 0. The van der Waals surface area contributed by atoms with Crippen molar-refractivity contribution in [1.82, 2.24) is 0 Å². The average molecular weight is 292 g/mol. The fraction of sp³-hybridized carbons (Fsp3) is 0.600. The molecule has 1 heterocycles. The van der Waals surface area contributed by atoms with Crippen LogP contribution in [0.5, 0.6) is 0 Å². The standard InChI is InChI=1S/C10H10F6O3/c11-9(12,13)8(18,10(14,15)16)7-4-3-6(19-7)2-1-5-17/h3-4,17-18H,1-2,5H2. The molecular formula is C10H10F6O3. The SMILES string of the molecule is OCCCc1ccc(C(O)(C(F)(F)F)C(F)(F)F)o1. The first-order valence-corrected chi connectivity index (χ1v) is 5.10. The number of aryl methyl sites for hydroxylation is 1. The lowest BCUT2D eigenvalue weighted by Gasteiger charge is -2.30. The van der Waals surface area contributed by atoms with Crippen molar-refractivity contribution in [2.45, 2.75) is 30.8 Å². The Hall–Kier alpha value is -1.22. The molecule has 1 aromatic rings. The predicted molar refractivity (Wildman–Crippen MR) is 50.1 cm³/mol. The molecule has 0 aliphatic rings. The third-order valence-corrected chi connectivity index (χ3v) is 2.42. The molecule has 0 aromatic carbocycles. The monoisotopic (exact) mass is 292 g/mol. The Morgan fingerprint density at radius 3 is 1.95 bits per heavy atom. The largest absolute Gasteiger partial charge is 0.462 e. The topological polar surface area (TPSA) is 53.6 Å². The van der Waals surface area contributed by atoms with Gasteiger partial charge in [0, 0.05) is 13.0 Å². The van der Waals surface area contributed by atoms with Crippen molar-refractivity contribution in [3.05, 3.63) is 23.7 Å². The van der Waals surface area contributed by atoms with Crippen molar-refractivity contribution in [2.24, 2.45) is 0 Å². The molecule has 3 nitrogen and oxygen atoms in total. The Morgan fingerprint density at radius 2 is 1.53 bits per heavy atom. The van der Waals surface area contributed by atoms with Gasteiger partial charge in [-0.25, -0.2) is 0 Å². The summed E-state index contributed by atoms with van der Waals surface area (Å²) in [5.74, 6) is -1.82. The predicted octanol–water partition coefficient (Wildman–Crippen LogP) is 2.52. The van der Waals surface area contributed by atoms with E-state index in [1.807, 2.05) is 0 Å². The zero-order chi connectivity index (χ0) is 14.9. The highest BCUT2D eigenvalue weighted by atomic mass is 19.4. The second-order valence-electron chi connectivity index (χ2n) is 3.80. The molecular weight excluding hydrogens is 282 g/mol. The fourth-order valence-corrected chi connectivity index (χ4v) is 1.40. The van der Waals surface area contributed by atoms with Crippen LogP contribution in [0.2, 0.25) is 0 Å². The highest BCUT2D eigenvalue weighted by Gasteiger charge is 2.73. The normalized spacial score (nSPS) is 13.9. The van der Waals surface area contributed by atoms with E-state index >= 15 is 0 Å². The van der Waals surface area contributed by atoms with Gasteiger partial charge in [-0.2, -0.15) is 26.3 Å². The van der Waals surface area contributed by atoms with Crippen LogP contribution in [-0.4, -0.2) is 29.2 Å². The van der Waals surface area contributed by atoms with Crippen molar-refractivity contribution < 1.29 is 41.0 Å². The minimum Gasteiger partial charge on any atom is -0.462 e. The first kappa shape index (κ1) is 15.8. The summed E-state index contributed by atoms with van der Waals surface area (Å²) in [4.78, 5) is 0. The summed E-state index contributed by atoms with van der Waals surface area (Å²) in [5.41, 5.74) is -5.04. The van der Waals surface area contributed by atoms with E-state index in [-0.39, 0.29) is 25.2 Å². The second kappa shape index (κ2) is 5.04. The molecule has 1 aromatic heterocycles. The molecule has 0 saturated carbocycles. The molecule has 0 fully saturated rings. The number of furan rings is 1. The van der Waals surface area contributed by atoms with Gasteiger partial charge < -0.3 is 14.6 Å². The first-order chi connectivity index (χ1) is 8.54. The molecule has 0 bridgehead atoms. The maximum absolute atomic E-state index is 12.5. The third kappa shape index (κ3) is 2.86. The van der Waals surface area contributed by atoms with Crippen molar-refractivity contribution in [3.63, 3.8) is 0 Å². The van der Waals surface area contributed by atoms with Gasteiger partial charge in [0.2, 0.25) is 0 Å². The van der Waals surface area contributed by atoms with Crippen molar-refractivity contribution in [3.8, 4) is 0 Å².